The average Bonchev–Trinajstić information content (AvgIpc) is 1.64. The maximum Gasteiger partial charge on any atom is 0.283 e. The SMILES string of the molecule is CC(C)(C)[Si](C)(C)Oc1ccc(-n2cnc3ccc(C#N)cc32)cc1.CC(C)(C)[Si](C)(C)Oc1ccc(Nc2cc(C#N)ccc2N)cc1.Cl.N#Cc1ccc([N+](=O)[O-])c(Br)c1.N#Cc1ccc2ncn(-c3ccc(O)cc3)c2c1.N#Cc1ccc2ncn(-c3ccc(OCCOC4CCOCC4)cc3)c2c1.NC(=O)c1ccc([N+](=O)[O-])c(Br)c1. The number of nitrogens with one attached hydrogen (secondary N) is 1. The predicted molar refractivity (Wildman–Crippen MR) is 477 cm³/mol. The standard InChI is InChI=1S/C21H21N3O3.C20H23N3OSi.C19H25N3OSi.C14H9N3O.C7H5BrN2O3.C7H3BrN2O2.ClH/c22-14-16-1-6-20-21(13-16)24(15-23-20)17-2-4-18(5-3-17)26-11-12-27-19-7-9-25-10-8-19;1-20(2,3)25(4,5)24-17-9-7-16(8-10-17)23-14-22-18-11-6-15(13-21)12-19(18)23;1-19(2,3)24(4,5)23-16-9-7-15(8-10-16)22-18-12-14(13-20)6-11-17(18)21;15-8-10-1-6-13-14(7-10)17(9-16-13)11-2-4-12(18)5-3-11;8-5-3-4(7(9)11)1-2-6(5)10(12)13;8-6-3-5(4-9)1-2-7(6)10(11)12;/h1-6,13,15,19H,7-12H2;6-12,14H,1-5H3;6-12,22H,21H2,1-5H3;1-7,9,18H;1-3H,(H2,9,11);1-3H;1H. The molecular formula is C88H87Br2ClN16O11Si2. The Morgan fingerprint density at radius 3 is 1.29 bits per heavy atom. The van der Waals surface area contributed by atoms with Crippen molar-refractivity contribution in [1.82, 2.24) is 28.7 Å². The van der Waals surface area contributed by atoms with E-state index in [0.717, 1.165) is 105 Å². The van der Waals surface area contributed by atoms with Crippen LogP contribution >= 0.6 is 44.3 Å². The summed E-state index contributed by atoms with van der Waals surface area (Å²) in [4.78, 5) is 43.4. The fraction of sp³-hybridized carbons (Fsp3) is 0.216. The number of aromatic nitrogens is 6. The van der Waals surface area contributed by atoms with Gasteiger partial charge in [0.2, 0.25) is 22.5 Å². The first-order valence-corrected chi connectivity index (χ1v) is 44.6. The minimum absolute atomic E-state index is 0. The number of imidazole rings is 3. The van der Waals surface area contributed by atoms with E-state index in [4.69, 9.17) is 60.8 Å². The molecule has 14 rings (SSSR count). The lowest BCUT2D eigenvalue weighted by molar-refractivity contribution is -0.385. The second-order valence-electron chi connectivity index (χ2n) is 29.9. The number of phenols is 1. The van der Waals surface area contributed by atoms with Crippen molar-refractivity contribution in [3.05, 3.63) is 288 Å². The van der Waals surface area contributed by atoms with Gasteiger partial charge in [-0.15, -0.1) is 12.4 Å². The van der Waals surface area contributed by atoms with E-state index < -0.39 is 32.4 Å². The number of phenolic OH excluding ortho intramolecular Hbond substituents is 1. The van der Waals surface area contributed by atoms with E-state index in [2.05, 4.69) is 144 Å². The molecule has 0 spiro atoms. The molecule has 0 aliphatic carbocycles. The minimum Gasteiger partial charge on any atom is -0.544 e. The van der Waals surface area contributed by atoms with Crippen LogP contribution in [-0.2, 0) is 9.47 Å². The van der Waals surface area contributed by atoms with Gasteiger partial charge in [-0.05, 0) is 275 Å². The average molecular weight is 1800 g/mol. The quantitative estimate of drug-likeness (QED) is 0.0216. The highest BCUT2D eigenvalue weighted by molar-refractivity contribution is 9.11. The van der Waals surface area contributed by atoms with Gasteiger partial charge in [0.1, 0.15) is 48.6 Å². The third-order valence-electron chi connectivity index (χ3n) is 19.6. The molecular weight excluding hydrogens is 1710 g/mol. The number of nitrogens with two attached hydrogens (primary N) is 2. The van der Waals surface area contributed by atoms with Gasteiger partial charge >= 0.3 is 0 Å². The molecule has 0 saturated carbocycles. The minimum atomic E-state index is -1.84. The number of amides is 1. The van der Waals surface area contributed by atoms with Crippen molar-refractivity contribution >= 4 is 128 Å². The molecule has 1 aliphatic heterocycles. The molecule has 4 heterocycles. The number of anilines is 3. The number of nitro groups is 2. The molecule has 10 aromatic carbocycles. The third-order valence-corrected chi connectivity index (χ3v) is 29.6. The predicted octanol–water partition coefficient (Wildman–Crippen LogP) is 20.7. The maximum atomic E-state index is 10.7. The summed E-state index contributed by atoms with van der Waals surface area (Å²) in [6.45, 7) is 25.0. The molecule has 3 aromatic heterocycles. The van der Waals surface area contributed by atoms with Crippen molar-refractivity contribution in [2.24, 2.45) is 5.73 Å². The summed E-state index contributed by atoms with van der Waals surface area (Å²) in [7, 11) is -3.68. The zero-order chi connectivity index (χ0) is 86.4. The molecule has 13 aromatic rings. The fourth-order valence-electron chi connectivity index (χ4n) is 11.0. The Bertz CT molecular complexity index is 6000. The summed E-state index contributed by atoms with van der Waals surface area (Å²) in [5, 5.41) is 78.1. The zero-order valence-corrected chi connectivity index (χ0v) is 73.3. The molecule has 1 aliphatic rings. The lowest BCUT2D eigenvalue weighted by atomic mass is 10.2. The highest BCUT2D eigenvalue weighted by atomic mass is 79.9. The number of benzene rings is 10. The van der Waals surface area contributed by atoms with Crippen molar-refractivity contribution in [2.75, 3.05) is 37.5 Å². The number of hydrogen-bond donors (Lipinski definition) is 4. The normalized spacial score (nSPS) is 11.7. The topological polar surface area (TPSA) is 406 Å². The first-order valence-electron chi connectivity index (χ1n) is 37.2. The number of ether oxygens (including phenoxy) is 3. The summed E-state index contributed by atoms with van der Waals surface area (Å²) >= 11 is 5.96. The molecule has 32 heteroatoms. The van der Waals surface area contributed by atoms with Crippen molar-refractivity contribution in [1.29, 1.82) is 26.3 Å². The summed E-state index contributed by atoms with van der Waals surface area (Å²) < 4.78 is 35.9. The molecule has 1 saturated heterocycles. The lowest BCUT2D eigenvalue weighted by Crippen LogP contribution is -2.43. The second kappa shape index (κ2) is 41.7. The van der Waals surface area contributed by atoms with E-state index in [1.54, 1.807) is 85.7 Å². The van der Waals surface area contributed by atoms with Crippen LogP contribution in [0.2, 0.25) is 36.3 Å². The van der Waals surface area contributed by atoms with E-state index >= 15 is 0 Å². The number of carbonyl (C=O) groups is 1. The van der Waals surface area contributed by atoms with Crippen molar-refractivity contribution in [3.8, 4) is 70.4 Å². The van der Waals surface area contributed by atoms with Crippen LogP contribution in [0, 0.1) is 76.9 Å². The summed E-state index contributed by atoms with van der Waals surface area (Å²) in [6.07, 6.45) is 7.47. The summed E-state index contributed by atoms with van der Waals surface area (Å²) in [5.41, 5.74) is 24.3. The van der Waals surface area contributed by atoms with E-state index in [1.165, 1.54) is 36.4 Å². The van der Waals surface area contributed by atoms with E-state index in [-0.39, 0.29) is 55.7 Å². The Morgan fingerprint density at radius 1 is 0.533 bits per heavy atom. The van der Waals surface area contributed by atoms with Gasteiger partial charge < -0.3 is 45.0 Å². The van der Waals surface area contributed by atoms with Gasteiger partial charge in [0, 0.05) is 53.7 Å². The first kappa shape index (κ1) is 92.2. The number of fused-ring (bicyclic) bond motifs is 3. The van der Waals surface area contributed by atoms with Crippen LogP contribution in [0.25, 0.3) is 50.2 Å². The van der Waals surface area contributed by atoms with Gasteiger partial charge in [-0.2, -0.15) is 26.3 Å². The van der Waals surface area contributed by atoms with Crippen LogP contribution < -0.4 is 30.4 Å². The third kappa shape index (κ3) is 24.9. The number of nitro benzene ring substituents is 2. The maximum absolute atomic E-state index is 10.7. The molecule has 0 unspecified atom stereocenters. The molecule has 0 bridgehead atoms. The highest BCUT2D eigenvalue weighted by Gasteiger charge is 2.40. The summed E-state index contributed by atoms with van der Waals surface area (Å²) in [5.74, 6) is 2.19. The smallest absolute Gasteiger partial charge is 0.283 e. The summed E-state index contributed by atoms with van der Waals surface area (Å²) in [6, 6.07) is 70.6. The second-order valence-corrected chi connectivity index (χ2v) is 41.1. The highest BCUT2D eigenvalue weighted by Crippen LogP contribution is 2.40. The number of hydrogen-bond acceptors (Lipinski definition) is 21. The van der Waals surface area contributed by atoms with Gasteiger partial charge in [0.25, 0.3) is 11.4 Å². The van der Waals surface area contributed by atoms with E-state index in [0.29, 0.717) is 51.2 Å². The fourth-order valence-corrected chi connectivity index (χ4v) is 14.1. The van der Waals surface area contributed by atoms with Crippen LogP contribution in [0.1, 0.15) is 92.6 Å². The van der Waals surface area contributed by atoms with E-state index in [9.17, 15) is 30.1 Å². The number of nitrogens with zero attached hydrogens (tertiary/aromatic N) is 13. The molecule has 1 fully saturated rings. The Kier molecular flexibility index (Phi) is 32.1. The molecule has 614 valence electrons. The number of carbonyl (C=O) groups excluding carboxylic acids is 1. The molecule has 120 heavy (non-hydrogen) atoms. The van der Waals surface area contributed by atoms with Gasteiger partial charge in [0.15, 0.2) is 0 Å². The largest absolute Gasteiger partial charge is 0.544 e. The molecule has 1 amide bonds. The van der Waals surface area contributed by atoms with Crippen LogP contribution in [0.15, 0.2) is 234 Å². The zero-order valence-electron chi connectivity index (χ0n) is 67.3. The number of primary amides is 1. The van der Waals surface area contributed by atoms with Gasteiger partial charge in [0.05, 0.1) is 134 Å². The van der Waals surface area contributed by atoms with Crippen LogP contribution in [0.3, 0.4) is 0 Å². The van der Waals surface area contributed by atoms with Crippen molar-refractivity contribution < 1.29 is 42.8 Å². The van der Waals surface area contributed by atoms with Crippen LogP contribution in [0.5, 0.6) is 23.0 Å². The van der Waals surface area contributed by atoms with Crippen molar-refractivity contribution in [3.63, 3.8) is 0 Å². The van der Waals surface area contributed by atoms with Gasteiger partial charge in [-0.25, -0.2) is 15.0 Å². The Hall–Kier alpha value is -13.3. The number of nitriles is 5. The Labute approximate surface area is 719 Å². The first-order chi connectivity index (χ1) is 56.6. The van der Waals surface area contributed by atoms with Crippen LogP contribution in [-0.4, -0.2) is 98.7 Å². The molecule has 27 nitrogen and oxygen atoms in total. The van der Waals surface area contributed by atoms with Gasteiger partial charge in [-0.3, -0.25) is 38.7 Å². The number of rotatable bonds is 17. The lowest BCUT2D eigenvalue weighted by Gasteiger charge is -2.36. The molecule has 6 N–H and O–H groups in total. The number of nitrogen functional groups attached to an aromatic ring is 1. The monoisotopic (exact) mass is 1790 g/mol. The number of aromatic hydroxyl groups is 1. The molecule has 0 atom stereocenters. The van der Waals surface area contributed by atoms with E-state index in [1.807, 2.05) is 123 Å². The molecule has 0 radical (unpaired) electrons. The Balaban J connectivity index is 0.000000183. The van der Waals surface area contributed by atoms with Crippen molar-refractivity contribution in [2.45, 2.75) is 96.8 Å². The van der Waals surface area contributed by atoms with Crippen LogP contribution in [0.4, 0.5) is 28.4 Å². The van der Waals surface area contributed by atoms with Gasteiger partial charge in [-0.1, -0.05) is 41.5 Å². The number of halogens is 3. The Morgan fingerprint density at radius 2 is 0.900 bits per heavy atom.